The Morgan fingerprint density at radius 2 is 2.00 bits per heavy atom. The van der Waals surface area contributed by atoms with Gasteiger partial charge in [-0.25, -0.2) is 0 Å². The lowest BCUT2D eigenvalue weighted by molar-refractivity contribution is 0.0928. The minimum absolute atomic E-state index is 0.363. The predicted molar refractivity (Wildman–Crippen MR) is 69.6 cm³/mol. The van der Waals surface area contributed by atoms with Crippen molar-refractivity contribution in [3.63, 3.8) is 0 Å². The molecule has 18 heavy (non-hydrogen) atoms. The molecule has 1 aromatic carbocycles. The molecule has 0 unspecified atom stereocenters. The SMILES string of the molecule is NCC#Cc1ccccc1COCc1ccco1. The molecule has 2 rings (SSSR count). The normalized spacial score (nSPS) is 9.83. The molecule has 0 saturated carbocycles. The van der Waals surface area contributed by atoms with E-state index in [2.05, 4.69) is 11.8 Å². The van der Waals surface area contributed by atoms with Crippen LogP contribution in [0.4, 0.5) is 0 Å². The third kappa shape index (κ3) is 3.49. The Balaban J connectivity index is 1.96. The first-order valence-electron chi connectivity index (χ1n) is 5.77. The summed E-state index contributed by atoms with van der Waals surface area (Å²) in [6, 6.07) is 11.6. The van der Waals surface area contributed by atoms with E-state index in [0.717, 1.165) is 16.9 Å². The highest BCUT2D eigenvalue weighted by Crippen LogP contribution is 2.10. The van der Waals surface area contributed by atoms with E-state index in [0.29, 0.717) is 19.8 Å². The zero-order valence-electron chi connectivity index (χ0n) is 10.1. The second-order valence-corrected chi connectivity index (χ2v) is 3.74. The Morgan fingerprint density at radius 3 is 2.78 bits per heavy atom. The molecule has 2 N–H and O–H groups in total. The zero-order valence-corrected chi connectivity index (χ0v) is 10.1. The first-order valence-corrected chi connectivity index (χ1v) is 5.77. The molecule has 1 heterocycles. The van der Waals surface area contributed by atoms with Crippen LogP contribution in [0.25, 0.3) is 0 Å². The van der Waals surface area contributed by atoms with Crippen LogP contribution in [0.5, 0.6) is 0 Å². The van der Waals surface area contributed by atoms with Gasteiger partial charge in [-0.1, -0.05) is 30.0 Å². The molecule has 0 spiro atoms. The third-order valence-corrected chi connectivity index (χ3v) is 2.42. The van der Waals surface area contributed by atoms with Crippen molar-refractivity contribution in [3.05, 3.63) is 59.5 Å². The van der Waals surface area contributed by atoms with Crippen molar-refractivity contribution in [2.45, 2.75) is 13.2 Å². The van der Waals surface area contributed by atoms with Gasteiger partial charge in [-0.3, -0.25) is 0 Å². The van der Waals surface area contributed by atoms with E-state index in [1.807, 2.05) is 36.4 Å². The van der Waals surface area contributed by atoms with Crippen LogP contribution in [-0.2, 0) is 18.0 Å². The lowest BCUT2D eigenvalue weighted by Crippen LogP contribution is -1.97. The number of nitrogens with two attached hydrogens (primary N) is 1. The van der Waals surface area contributed by atoms with Gasteiger partial charge in [0.15, 0.2) is 0 Å². The van der Waals surface area contributed by atoms with Crippen molar-refractivity contribution in [2.24, 2.45) is 5.73 Å². The lowest BCUT2D eigenvalue weighted by Gasteiger charge is -2.05. The lowest BCUT2D eigenvalue weighted by atomic mass is 10.1. The third-order valence-electron chi connectivity index (χ3n) is 2.42. The molecule has 2 aromatic rings. The van der Waals surface area contributed by atoms with Gasteiger partial charge in [-0.05, 0) is 23.8 Å². The van der Waals surface area contributed by atoms with Gasteiger partial charge in [0.2, 0.25) is 0 Å². The van der Waals surface area contributed by atoms with E-state index in [9.17, 15) is 0 Å². The molecule has 0 amide bonds. The average molecular weight is 241 g/mol. The van der Waals surface area contributed by atoms with Crippen molar-refractivity contribution in [3.8, 4) is 11.8 Å². The summed E-state index contributed by atoms with van der Waals surface area (Å²) in [7, 11) is 0. The Labute approximate surface area is 107 Å². The summed E-state index contributed by atoms with van der Waals surface area (Å²) in [6.07, 6.45) is 1.64. The molecule has 1 aromatic heterocycles. The highest BCUT2D eigenvalue weighted by Gasteiger charge is 2.00. The number of furan rings is 1. The number of hydrogen-bond acceptors (Lipinski definition) is 3. The van der Waals surface area contributed by atoms with Gasteiger partial charge in [-0.2, -0.15) is 0 Å². The van der Waals surface area contributed by atoms with Crippen molar-refractivity contribution in [2.75, 3.05) is 6.54 Å². The molecule has 92 valence electrons. The van der Waals surface area contributed by atoms with Crippen LogP contribution in [0, 0.1) is 11.8 Å². The van der Waals surface area contributed by atoms with Gasteiger partial charge in [0, 0.05) is 5.56 Å². The standard InChI is InChI=1S/C15H15NO2/c16-9-3-7-13-5-1-2-6-14(13)11-17-12-15-8-4-10-18-15/h1-2,4-6,8,10H,9,11-12,16H2. The molecular weight excluding hydrogens is 226 g/mol. The minimum atomic E-state index is 0.363. The van der Waals surface area contributed by atoms with Gasteiger partial charge in [-0.15, -0.1) is 0 Å². The van der Waals surface area contributed by atoms with Crippen LogP contribution in [-0.4, -0.2) is 6.54 Å². The number of benzene rings is 1. The summed E-state index contributed by atoms with van der Waals surface area (Å²) < 4.78 is 10.8. The quantitative estimate of drug-likeness (QED) is 0.836. The van der Waals surface area contributed by atoms with E-state index < -0.39 is 0 Å². The maximum Gasteiger partial charge on any atom is 0.129 e. The van der Waals surface area contributed by atoms with Crippen LogP contribution in [0.3, 0.4) is 0 Å². The van der Waals surface area contributed by atoms with Gasteiger partial charge >= 0.3 is 0 Å². The molecule has 0 saturated heterocycles. The molecule has 0 aliphatic rings. The summed E-state index contributed by atoms with van der Waals surface area (Å²) >= 11 is 0. The summed E-state index contributed by atoms with van der Waals surface area (Å²) in [5, 5.41) is 0. The molecule has 0 aliphatic carbocycles. The molecule has 0 atom stereocenters. The molecular formula is C15H15NO2. The monoisotopic (exact) mass is 241 g/mol. The van der Waals surface area contributed by atoms with E-state index in [-0.39, 0.29) is 0 Å². The second kappa shape index (κ2) is 6.65. The van der Waals surface area contributed by atoms with Gasteiger partial charge in [0.05, 0.1) is 19.4 Å². The van der Waals surface area contributed by atoms with E-state index in [4.69, 9.17) is 14.9 Å². The summed E-state index contributed by atoms with van der Waals surface area (Å²) in [5.74, 6) is 6.71. The van der Waals surface area contributed by atoms with Crippen LogP contribution in [0.1, 0.15) is 16.9 Å². The van der Waals surface area contributed by atoms with Crippen LogP contribution in [0.15, 0.2) is 47.1 Å². The smallest absolute Gasteiger partial charge is 0.129 e. The van der Waals surface area contributed by atoms with E-state index >= 15 is 0 Å². The largest absolute Gasteiger partial charge is 0.467 e. The molecule has 0 radical (unpaired) electrons. The van der Waals surface area contributed by atoms with Gasteiger partial charge in [0.25, 0.3) is 0 Å². The molecule has 0 aliphatic heterocycles. The Morgan fingerprint density at radius 1 is 1.11 bits per heavy atom. The average Bonchev–Trinajstić information content (AvgIpc) is 2.91. The highest BCUT2D eigenvalue weighted by atomic mass is 16.5. The van der Waals surface area contributed by atoms with E-state index in [1.54, 1.807) is 6.26 Å². The van der Waals surface area contributed by atoms with Gasteiger partial charge < -0.3 is 14.9 Å². The Bertz CT molecular complexity index is 535. The predicted octanol–water partition coefficient (Wildman–Crippen LogP) is 2.31. The zero-order chi connectivity index (χ0) is 12.6. The first-order chi connectivity index (χ1) is 8.90. The van der Waals surface area contributed by atoms with Crippen molar-refractivity contribution < 1.29 is 9.15 Å². The summed E-state index contributed by atoms with van der Waals surface area (Å²) in [5.41, 5.74) is 7.39. The fraction of sp³-hybridized carbons (Fsp3) is 0.200. The van der Waals surface area contributed by atoms with Crippen LogP contribution >= 0.6 is 0 Å². The fourth-order valence-corrected chi connectivity index (χ4v) is 1.57. The molecule has 3 heteroatoms. The minimum Gasteiger partial charge on any atom is -0.467 e. The van der Waals surface area contributed by atoms with E-state index in [1.165, 1.54) is 0 Å². The van der Waals surface area contributed by atoms with Crippen molar-refractivity contribution >= 4 is 0 Å². The van der Waals surface area contributed by atoms with Gasteiger partial charge in [0.1, 0.15) is 12.4 Å². The van der Waals surface area contributed by atoms with Crippen LogP contribution < -0.4 is 5.73 Å². The maximum absolute atomic E-state index is 5.59. The maximum atomic E-state index is 5.59. The fourth-order valence-electron chi connectivity index (χ4n) is 1.57. The molecule has 0 fully saturated rings. The molecule has 3 nitrogen and oxygen atoms in total. The Kier molecular flexibility index (Phi) is 4.60. The van der Waals surface area contributed by atoms with Crippen LogP contribution in [0.2, 0.25) is 0 Å². The number of ether oxygens (including phenoxy) is 1. The second-order valence-electron chi connectivity index (χ2n) is 3.74. The van der Waals surface area contributed by atoms with Crippen molar-refractivity contribution in [1.29, 1.82) is 0 Å². The summed E-state index contributed by atoms with van der Waals surface area (Å²) in [4.78, 5) is 0. The number of hydrogen-bond donors (Lipinski definition) is 1. The Hall–Kier alpha value is -2.02. The first kappa shape index (κ1) is 12.4. The molecule has 0 bridgehead atoms. The van der Waals surface area contributed by atoms with Crippen molar-refractivity contribution in [1.82, 2.24) is 0 Å². The topological polar surface area (TPSA) is 48.4 Å². The number of rotatable bonds is 4. The summed E-state index contributed by atoms with van der Waals surface area (Å²) in [6.45, 7) is 1.34. The highest BCUT2D eigenvalue weighted by molar-refractivity contribution is 5.41.